The fourth-order valence-corrected chi connectivity index (χ4v) is 4.35. The number of amides is 3. The highest BCUT2D eigenvalue weighted by Gasteiger charge is 2.34. The number of rotatable bonds is 4. The van der Waals surface area contributed by atoms with E-state index in [0.29, 0.717) is 54.4 Å². The van der Waals surface area contributed by atoms with Crippen LogP contribution < -0.4 is 14.8 Å². The number of anilines is 1. The molecule has 8 nitrogen and oxygen atoms in total. The van der Waals surface area contributed by atoms with E-state index in [1.165, 1.54) is 4.90 Å². The van der Waals surface area contributed by atoms with Crippen molar-refractivity contribution in [3.63, 3.8) is 0 Å². The number of fused-ring (bicyclic) bond motifs is 2. The molecule has 164 valence electrons. The second-order valence-electron chi connectivity index (χ2n) is 8.10. The molecular formula is C24H23N3O5. The smallest absolute Gasteiger partial charge is 0.259 e. The molecular weight excluding hydrogens is 410 g/mol. The summed E-state index contributed by atoms with van der Waals surface area (Å²) < 4.78 is 10.6. The highest BCUT2D eigenvalue weighted by molar-refractivity contribution is 6.10. The summed E-state index contributed by atoms with van der Waals surface area (Å²) in [6, 6.07) is 12.5. The Morgan fingerprint density at radius 2 is 1.75 bits per heavy atom. The van der Waals surface area contributed by atoms with Crippen molar-refractivity contribution < 1.29 is 23.9 Å². The lowest BCUT2D eigenvalue weighted by molar-refractivity contribution is -0.134. The lowest BCUT2D eigenvalue weighted by atomic mass is 9.95. The van der Waals surface area contributed by atoms with Crippen LogP contribution in [-0.2, 0) is 9.59 Å². The molecule has 3 aliphatic heterocycles. The maximum Gasteiger partial charge on any atom is 0.259 e. The molecule has 0 unspecified atom stereocenters. The van der Waals surface area contributed by atoms with Crippen molar-refractivity contribution in [2.45, 2.75) is 12.8 Å². The van der Waals surface area contributed by atoms with Gasteiger partial charge in [-0.05, 0) is 31.0 Å². The molecule has 0 bridgehead atoms. The number of carbonyl (C=O) groups is 3. The molecule has 8 heteroatoms. The van der Waals surface area contributed by atoms with Gasteiger partial charge in [-0.25, -0.2) is 0 Å². The van der Waals surface area contributed by atoms with Crippen molar-refractivity contribution in [3.8, 4) is 11.5 Å². The first-order chi connectivity index (χ1) is 15.5. The second-order valence-corrected chi connectivity index (χ2v) is 8.10. The third-order valence-corrected chi connectivity index (χ3v) is 6.19. The van der Waals surface area contributed by atoms with Crippen LogP contribution in [-0.4, -0.2) is 53.9 Å². The Kier molecular flexibility index (Phi) is 5.05. The van der Waals surface area contributed by atoms with Crippen LogP contribution in [0.1, 0.15) is 28.8 Å². The molecule has 2 aromatic carbocycles. The van der Waals surface area contributed by atoms with E-state index >= 15 is 0 Å². The molecule has 3 aliphatic rings. The first kappa shape index (κ1) is 20.1. The Bertz CT molecular complexity index is 1090. The fraction of sp³-hybridized carbons (Fsp3) is 0.292. The van der Waals surface area contributed by atoms with Crippen LogP contribution >= 0.6 is 0 Å². The molecule has 2 aromatic rings. The average molecular weight is 433 g/mol. The molecule has 0 saturated carbocycles. The van der Waals surface area contributed by atoms with Gasteiger partial charge < -0.3 is 19.7 Å². The monoisotopic (exact) mass is 433 g/mol. The van der Waals surface area contributed by atoms with Gasteiger partial charge in [0.1, 0.15) is 6.54 Å². The molecule has 0 aliphatic carbocycles. The first-order valence-electron chi connectivity index (χ1n) is 10.6. The van der Waals surface area contributed by atoms with Gasteiger partial charge in [0.15, 0.2) is 11.5 Å². The molecule has 3 amide bonds. The third-order valence-electron chi connectivity index (χ3n) is 6.19. The zero-order chi connectivity index (χ0) is 22.2. The zero-order valence-electron chi connectivity index (χ0n) is 17.5. The predicted octanol–water partition coefficient (Wildman–Crippen LogP) is 2.72. The summed E-state index contributed by atoms with van der Waals surface area (Å²) in [6.45, 7) is 5.07. The number of hydrogen-bond acceptors (Lipinski definition) is 5. The molecule has 0 spiro atoms. The largest absolute Gasteiger partial charge is 0.454 e. The number of ether oxygens (including phenoxy) is 2. The minimum absolute atomic E-state index is 0.0413. The van der Waals surface area contributed by atoms with Gasteiger partial charge in [0.05, 0.1) is 0 Å². The van der Waals surface area contributed by atoms with E-state index in [1.54, 1.807) is 35.2 Å². The normalized spacial score (nSPS) is 17.5. The van der Waals surface area contributed by atoms with Crippen LogP contribution in [0.2, 0.25) is 0 Å². The van der Waals surface area contributed by atoms with Gasteiger partial charge in [0.25, 0.3) is 5.91 Å². The molecule has 5 rings (SSSR count). The standard InChI is InChI=1S/C24H23N3O5/c1-15-18-4-2-3-5-19(18)24(30)27(15)13-22(28)26-10-8-16(9-11-26)23(29)25-17-6-7-20-21(12-17)32-14-31-20/h2-7,12,16H,1,8-11,13-14H2,(H,25,29). The molecule has 3 heterocycles. The van der Waals surface area contributed by atoms with E-state index in [1.807, 2.05) is 12.1 Å². The first-order valence-corrected chi connectivity index (χ1v) is 10.6. The third kappa shape index (κ3) is 3.57. The van der Waals surface area contributed by atoms with E-state index < -0.39 is 0 Å². The van der Waals surface area contributed by atoms with Crippen molar-refractivity contribution in [2.24, 2.45) is 5.92 Å². The quantitative estimate of drug-likeness (QED) is 0.801. The Morgan fingerprint density at radius 3 is 2.50 bits per heavy atom. The van der Waals surface area contributed by atoms with Crippen molar-refractivity contribution >= 4 is 29.1 Å². The molecule has 0 atom stereocenters. The molecule has 1 N–H and O–H groups in total. The highest BCUT2D eigenvalue weighted by atomic mass is 16.7. The Balaban J connectivity index is 1.14. The van der Waals surface area contributed by atoms with E-state index in [2.05, 4.69) is 11.9 Å². The number of nitrogens with one attached hydrogen (secondary N) is 1. The molecule has 32 heavy (non-hydrogen) atoms. The zero-order valence-corrected chi connectivity index (χ0v) is 17.5. The predicted molar refractivity (Wildman–Crippen MR) is 117 cm³/mol. The Hall–Kier alpha value is -3.81. The Morgan fingerprint density at radius 1 is 1.03 bits per heavy atom. The van der Waals surface area contributed by atoms with Crippen LogP contribution in [0.25, 0.3) is 5.70 Å². The minimum Gasteiger partial charge on any atom is -0.454 e. The van der Waals surface area contributed by atoms with Crippen LogP contribution in [0, 0.1) is 5.92 Å². The van der Waals surface area contributed by atoms with E-state index in [0.717, 1.165) is 5.56 Å². The van der Waals surface area contributed by atoms with Gasteiger partial charge in [-0.2, -0.15) is 0 Å². The average Bonchev–Trinajstić information content (AvgIpc) is 3.38. The van der Waals surface area contributed by atoms with Crippen molar-refractivity contribution in [3.05, 3.63) is 60.2 Å². The van der Waals surface area contributed by atoms with Gasteiger partial charge in [-0.15, -0.1) is 0 Å². The van der Waals surface area contributed by atoms with E-state index in [4.69, 9.17) is 9.47 Å². The lowest BCUT2D eigenvalue weighted by Crippen LogP contribution is -2.45. The number of carbonyl (C=O) groups excluding carboxylic acids is 3. The summed E-state index contributed by atoms with van der Waals surface area (Å²) in [4.78, 5) is 41.3. The topological polar surface area (TPSA) is 88.2 Å². The maximum atomic E-state index is 12.8. The fourth-order valence-electron chi connectivity index (χ4n) is 4.35. The minimum atomic E-state index is -0.197. The summed E-state index contributed by atoms with van der Waals surface area (Å²) >= 11 is 0. The number of hydrogen-bond donors (Lipinski definition) is 1. The SMILES string of the molecule is C=C1c2ccccc2C(=O)N1CC(=O)N1CCC(C(=O)Nc2ccc3c(c2)OCO3)CC1. The van der Waals surface area contributed by atoms with Gasteiger partial charge in [0.2, 0.25) is 18.6 Å². The van der Waals surface area contributed by atoms with Gasteiger partial charge in [-0.3, -0.25) is 19.3 Å². The maximum absolute atomic E-state index is 12.8. The number of benzene rings is 2. The summed E-state index contributed by atoms with van der Waals surface area (Å²) in [7, 11) is 0. The second kappa shape index (κ2) is 8.03. The Labute approximate surface area is 185 Å². The number of likely N-dealkylation sites (tertiary alicyclic amines) is 1. The van der Waals surface area contributed by atoms with Crippen molar-refractivity contribution in [1.82, 2.24) is 9.80 Å². The summed E-state index contributed by atoms with van der Waals surface area (Å²) in [5.74, 6) is 0.686. The van der Waals surface area contributed by atoms with E-state index in [9.17, 15) is 14.4 Å². The van der Waals surface area contributed by atoms with Crippen LogP contribution in [0.3, 0.4) is 0 Å². The number of nitrogens with zero attached hydrogens (tertiary/aromatic N) is 2. The highest BCUT2D eigenvalue weighted by Crippen LogP contribution is 2.35. The van der Waals surface area contributed by atoms with Crippen LogP contribution in [0.15, 0.2) is 49.0 Å². The summed E-state index contributed by atoms with van der Waals surface area (Å²) in [5.41, 5.74) is 2.55. The van der Waals surface area contributed by atoms with Gasteiger partial charge in [-0.1, -0.05) is 24.8 Å². The molecule has 1 saturated heterocycles. The van der Waals surface area contributed by atoms with Crippen LogP contribution in [0.5, 0.6) is 11.5 Å². The van der Waals surface area contributed by atoms with E-state index in [-0.39, 0.29) is 37.0 Å². The summed E-state index contributed by atoms with van der Waals surface area (Å²) in [6.07, 6.45) is 1.13. The molecule has 0 radical (unpaired) electrons. The van der Waals surface area contributed by atoms with Gasteiger partial charge >= 0.3 is 0 Å². The van der Waals surface area contributed by atoms with Gasteiger partial charge in [0, 0.05) is 47.6 Å². The lowest BCUT2D eigenvalue weighted by Gasteiger charge is -2.32. The van der Waals surface area contributed by atoms with Crippen molar-refractivity contribution in [2.75, 3.05) is 31.7 Å². The number of piperidine rings is 1. The molecule has 0 aromatic heterocycles. The van der Waals surface area contributed by atoms with Crippen molar-refractivity contribution in [1.29, 1.82) is 0 Å². The summed E-state index contributed by atoms with van der Waals surface area (Å²) in [5, 5.41) is 2.92. The molecule has 1 fully saturated rings. The van der Waals surface area contributed by atoms with Crippen LogP contribution in [0.4, 0.5) is 5.69 Å².